The molecule has 0 radical (unpaired) electrons. The number of ether oxygens (including phenoxy) is 1. The molecule has 25 heavy (non-hydrogen) atoms. The first kappa shape index (κ1) is 18.8. The van der Waals surface area contributed by atoms with Crippen molar-refractivity contribution in [2.75, 3.05) is 26.7 Å². The summed E-state index contributed by atoms with van der Waals surface area (Å²) in [5.74, 6) is 1.80. The van der Waals surface area contributed by atoms with Crippen molar-refractivity contribution in [1.82, 2.24) is 20.4 Å². The normalized spacial score (nSPS) is 11.4. The molecule has 6 nitrogen and oxygen atoms in total. The zero-order valence-electron chi connectivity index (χ0n) is 15.2. The van der Waals surface area contributed by atoms with Crippen LogP contribution in [0, 0.1) is 0 Å². The smallest absolute Gasteiger partial charge is 0.191 e. The van der Waals surface area contributed by atoms with E-state index in [0.29, 0.717) is 0 Å². The Bertz CT molecular complexity index is 625. The Balaban J connectivity index is 1.68. The average molecular weight is 343 g/mol. The van der Waals surface area contributed by atoms with Crippen LogP contribution in [0.1, 0.15) is 25.3 Å². The lowest BCUT2D eigenvalue weighted by Crippen LogP contribution is -2.38. The zero-order valence-corrected chi connectivity index (χ0v) is 15.2. The molecule has 2 aromatic rings. The van der Waals surface area contributed by atoms with Crippen molar-refractivity contribution in [3.05, 3.63) is 48.3 Å². The largest absolute Gasteiger partial charge is 0.497 e. The number of methoxy groups -OCH3 is 1. The molecule has 1 aromatic heterocycles. The van der Waals surface area contributed by atoms with E-state index in [4.69, 9.17) is 4.74 Å². The van der Waals surface area contributed by atoms with Crippen molar-refractivity contribution in [3.63, 3.8) is 0 Å². The minimum Gasteiger partial charge on any atom is -0.497 e. The summed E-state index contributed by atoms with van der Waals surface area (Å²) in [5, 5.41) is 10.9. The quantitative estimate of drug-likeness (QED) is 0.395. The number of guanidine groups is 1. The van der Waals surface area contributed by atoms with Crippen molar-refractivity contribution >= 4 is 5.96 Å². The van der Waals surface area contributed by atoms with Crippen LogP contribution >= 0.6 is 0 Å². The summed E-state index contributed by atoms with van der Waals surface area (Å²) >= 11 is 0. The highest BCUT2D eigenvalue weighted by Gasteiger charge is 1.99. The van der Waals surface area contributed by atoms with Crippen molar-refractivity contribution < 1.29 is 4.74 Å². The van der Waals surface area contributed by atoms with Crippen LogP contribution < -0.4 is 15.4 Å². The fraction of sp³-hybridized carbons (Fsp3) is 0.474. The molecule has 1 heterocycles. The third kappa shape index (κ3) is 7.28. The third-order valence-electron chi connectivity index (χ3n) is 3.79. The number of aliphatic imine (C=N–C) groups is 1. The lowest BCUT2D eigenvalue weighted by molar-refractivity contribution is 0.414. The average Bonchev–Trinajstić information content (AvgIpc) is 3.16. The number of aryl methyl sites for hydroxylation is 2. The Kier molecular flexibility index (Phi) is 8.38. The summed E-state index contributed by atoms with van der Waals surface area (Å²) in [5.41, 5.74) is 1.29. The maximum atomic E-state index is 5.26. The molecule has 0 aliphatic heterocycles. The van der Waals surface area contributed by atoms with Gasteiger partial charge in [0.05, 0.1) is 7.11 Å². The van der Waals surface area contributed by atoms with Crippen molar-refractivity contribution in [1.29, 1.82) is 0 Å². The van der Waals surface area contributed by atoms with Gasteiger partial charge in [0, 0.05) is 38.6 Å². The van der Waals surface area contributed by atoms with E-state index in [2.05, 4.69) is 39.8 Å². The molecule has 0 amide bonds. The van der Waals surface area contributed by atoms with E-state index in [0.717, 1.165) is 57.2 Å². The molecule has 2 rings (SSSR count). The lowest BCUT2D eigenvalue weighted by atomic mass is 10.1. The third-order valence-corrected chi connectivity index (χ3v) is 3.79. The van der Waals surface area contributed by atoms with E-state index >= 15 is 0 Å². The first-order valence-electron chi connectivity index (χ1n) is 8.94. The van der Waals surface area contributed by atoms with Crippen LogP contribution in [0.4, 0.5) is 0 Å². The van der Waals surface area contributed by atoms with Gasteiger partial charge in [-0.05, 0) is 49.9 Å². The number of aromatic nitrogens is 2. The minimum atomic E-state index is 0.783. The fourth-order valence-corrected chi connectivity index (χ4v) is 2.53. The summed E-state index contributed by atoms with van der Waals surface area (Å²) < 4.78 is 7.20. The summed E-state index contributed by atoms with van der Waals surface area (Å²) in [6, 6.07) is 10.2. The second-order valence-electron chi connectivity index (χ2n) is 5.77. The summed E-state index contributed by atoms with van der Waals surface area (Å²) in [6.07, 6.45) is 6.82. The Labute approximate surface area is 150 Å². The van der Waals surface area contributed by atoms with E-state index in [1.165, 1.54) is 5.56 Å². The molecular formula is C19H29N5O. The SMILES string of the molecule is CCNC(=NCCCn1cccn1)NCCCc1cccc(OC)c1. The molecule has 0 spiro atoms. The maximum absolute atomic E-state index is 5.26. The van der Waals surface area contributed by atoms with Crippen LogP contribution in [0.25, 0.3) is 0 Å². The molecule has 6 heteroatoms. The zero-order chi connectivity index (χ0) is 17.7. The van der Waals surface area contributed by atoms with Crippen LogP contribution in [0.2, 0.25) is 0 Å². The molecule has 0 unspecified atom stereocenters. The van der Waals surface area contributed by atoms with Gasteiger partial charge in [-0.3, -0.25) is 9.67 Å². The molecule has 0 aliphatic rings. The molecule has 0 aliphatic carbocycles. The van der Waals surface area contributed by atoms with Crippen LogP contribution in [-0.4, -0.2) is 42.5 Å². The molecule has 136 valence electrons. The molecule has 0 saturated carbocycles. The van der Waals surface area contributed by atoms with Gasteiger partial charge in [0.1, 0.15) is 5.75 Å². The van der Waals surface area contributed by atoms with E-state index in [1.54, 1.807) is 13.3 Å². The fourth-order valence-electron chi connectivity index (χ4n) is 2.53. The van der Waals surface area contributed by atoms with Gasteiger partial charge in [-0.15, -0.1) is 0 Å². The maximum Gasteiger partial charge on any atom is 0.191 e. The van der Waals surface area contributed by atoms with Gasteiger partial charge >= 0.3 is 0 Å². The van der Waals surface area contributed by atoms with Gasteiger partial charge in [-0.2, -0.15) is 5.10 Å². The Hall–Kier alpha value is -2.50. The molecule has 0 atom stereocenters. The first-order valence-corrected chi connectivity index (χ1v) is 8.94. The van der Waals surface area contributed by atoms with E-state index < -0.39 is 0 Å². The van der Waals surface area contributed by atoms with Crippen molar-refractivity contribution in [3.8, 4) is 5.75 Å². The van der Waals surface area contributed by atoms with E-state index in [9.17, 15) is 0 Å². The number of hydrogen-bond acceptors (Lipinski definition) is 3. The Morgan fingerprint density at radius 3 is 2.92 bits per heavy atom. The predicted octanol–water partition coefficient (Wildman–Crippen LogP) is 2.47. The van der Waals surface area contributed by atoms with Crippen LogP contribution in [0.5, 0.6) is 5.75 Å². The number of nitrogens with one attached hydrogen (secondary N) is 2. The second kappa shape index (κ2) is 11.1. The topological polar surface area (TPSA) is 63.5 Å². The van der Waals surface area contributed by atoms with Crippen molar-refractivity contribution in [2.24, 2.45) is 4.99 Å². The van der Waals surface area contributed by atoms with Crippen LogP contribution in [0.3, 0.4) is 0 Å². The Morgan fingerprint density at radius 1 is 1.24 bits per heavy atom. The number of benzene rings is 1. The van der Waals surface area contributed by atoms with Gasteiger partial charge in [-0.1, -0.05) is 12.1 Å². The molecule has 0 saturated heterocycles. The van der Waals surface area contributed by atoms with E-state index in [1.807, 2.05) is 29.1 Å². The van der Waals surface area contributed by atoms with Gasteiger partial charge in [0.25, 0.3) is 0 Å². The highest BCUT2D eigenvalue weighted by atomic mass is 16.5. The monoisotopic (exact) mass is 343 g/mol. The number of rotatable bonds is 10. The van der Waals surface area contributed by atoms with Gasteiger partial charge in [-0.25, -0.2) is 0 Å². The highest BCUT2D eigenvalue weighted by molar-refractivity contribution is 5.79. The number of hydrogen-bond donors (Lipinski definition) is 2. The van der Waals surface area contributed by atoms with Crippen LogP contribution in [-0.2, 0) is 13.0 Å². The lowest BCUT2D eigenvalue weighted by Gasteiger charge is -2.11. The molecule has 0 fully saturated rings. The molecule has 0 bridgehead atoms. The van der Waals surface area contributed by atoms with Gasteiger partial charge < -0.3 is 15.4 Å². The molecule has 2 N–H and O–H groups in total. The molecule has 1 aromatic carbocycles. The van der Waals surface area contributed by atoms with Crippen LogP contribution in [0.15, 0.2) is 47.7 Å². The summed E-state index contributed by atoms with van der Waals surface area (Å²) in [4.78, 5) is 4.62. The highest BCUT2D eigenvalue weighted by Crippen LogP contribution is 2.13. The standard InChI is InChI=1S/C19H29N5O/c1-3-20-19(22-12-6-14-24-15-7-13-23-24)21-11-5-9-17-8-4-10-18(16-17)25-2/h4,7-8,10,13,15-16H,3,5-6,9,11-12,14H2,1-2H3,(H2,20,21,22). The summed E-state index contributed by atoms with van der Waals surface area (Å²) in [7, 11) is 1.70. The first-order chi connectivity index (χ1) is 12.3. The number of nitrogens with zero attached hydrogens (tertiary/aromatic N) is 3. The van der Waals surface area contributed by atoms with Crippen molar-refractivity contribution in [2.45, 2.75) is 32.7 Å². The van der Waals surface area contributed by atoms with Gasteiger partial charge in [0.2, 0.25) is 0 Å². The molecular weight excluding hydrogens is 314 g/mol. The van der Waals surface area contributed by atoms with Gasteiger partial charge in [0.15, 0.2) is 5.96 Å². The Morgan fingerprint density at radius 2 is 2.16 bits per heavy atom. The predicted molar refractivity (Wildman–Crippen MR) is 102 cm³/mol. The summed E-state index contributed by atoms with van der Waals surface area (Å²) in [6.45, 7) is 5.51. The second-order valence-corrected chi connectivity index (χ2v) is 5.77. The minimum absolute atomic E-state index is 0.783. The van der Waals surface area contributed by atoms with E-state index in [-0.39, 0.29) is 0 Å².